The predicted molar refractivity (Wildman–Crippen MR) is 173 cm³/mol. The number of aromatic nitrogens is 2. The molecule has 1 aliphatic heterocycles. The Morgan fingerprint density at radius 3 is 2.30 bits per heavy atom. The summed E-state index contributed by atoms with van der Waals surface area (Å²) >= 11 is 0. The minimum atomic E-state index is -2.17. The molecule has 0 radical (unpaired) electrons. The van der Waals surface area contributed by atoms with Crippen LogP contribution < -0.4 is 11.4 Å². The highest BCUT2D eigenvalue weighted by Crippen LogP contribution is 2.42. The van der Waals surface area contributed by atoms with Crippen molar-refractivity contribution < 1.29 is 23.2 Å². The monoisotopic (exact) mass is 634 g/mol. The average molecular weight is 635 g/mol. The second kappa shape index (κ2) is 12.9. The van der Waals surface area contributed by atoms with Gasteiger partial charge >= 0.3 is 5.69 Å². The number of hydrogen-bond donors (Lipinski definition) is 1. The van der Waals surface area contributed by atoms with Gasteiger partial charge in [0.05, 0.1) is 35.9 Å². The molecule has 0 bridgehead atoms. The van der Waals surface area contributed by atoms with Crippen LogP contribution in [0.5, 0.6) is 0 Å². The summed E-state index contributed by atoms with van der Waals surface area (Å²) in [7, 11) is -4.24. The first kappa shape index (κ1) is 35.1. The van der Waals surface area contributed by atoms with Gasteiger partial charge in [-0.1, -0.05) is 53.7 Å². The number of para-hydroxylation sites is 1. The van der Waals surface area contributed by atoms with Crippen molar-refractivity contribution in [2.45, 2.75) is 122 Å². The lowest BCUT2D eigenvalue weighted by Crippen LogP contribution is -2.48. The fourth-order valence-electron chi connectivity index (χ4n) is 4.35. The molecule has 1 aromatic heterocycles. The standard InChI is InChI=1S/C30H50N4O7Si2/c1-20(22-14-12-13-15-23(22)34(36)37)38-18-21-17-33(28(35)32-27(21)31)26-16-24(41-43(10,11)30(5,6)7)25(40-26)19-39-42(8,9)29(2,3)4/h12-15,17,20,24-26H,16,18-19H2,1-11H3,(H2,31,32,35)/t20?,24?,25-,26-/m1/s1. The van der Waals surface area contributed by atoms with Crippen LogP contribution in [0.4, 0.5) is 11.5 Å². The van der Waals surface area contributed by atoms with Gasteiger partial charge in [-0.2, -0.15) is 4.98 Å². The highest BCUT2D eigenvalue weighted by Gasteiger charge is 2.47. The van der Waals surface area contributed by atoms with E-state index in [1.165, 1.54) is 10.6 Å². The molecule has 3 rings (SSSR count). The second-order valence-corrected chi connectivity index (χ2v) is 24.0. The number of nitro benzene ring substituents is 1. The molecule has 0 aliphatic carbocycles. The zero-order chi connectivity index (χ0) is 32.5. The molecule has 0 amide bonds. The Bertz CT molecular complexity index is 1350. The van der Waals surface area contributed by atoms with E-state index in [0.29, 0.717) is 24.2 Å². The summed E-state index contributed by atoms with van der Waals surface area (Å²) in [6, 6.07) is 6.44. The van der Waals surface area contributed by atoms with Crippen molar-refractivity contribution in [3.8, 4) is 0 Å². The number of rotatable bonds is 11. The molecular formula is C30H50N4O7Si2. The number of hydrogen-bond acceptors (Lipinski definition) is 9. The van der Waals surface area contributed by atoms with Crippen molar-refractivity contribution in [3.63, 3.8) is 0 Å². The fraction of sp³-hybridized carbons (Fsp3) is 0.667. The minimum absolute atomic E-state index is 0.000851. The highest BCUT2D eigenvalue weighted by molar-refractivity contribution is 6.74. The second-order valence-electron chi connectivity index (χ2n) is 14.5. The quantitative estimate of drug-likeness (QED) is 0.162. The third-order valence-electron chi connectivity index (χ3n) is 9.28. The third kappa shape index (κ3) is 8.19. The molecule has 1 saturated heterocycles. The molecule has 2 aromatic rings. The molecule has 0 spiro atoms. The maximum atomic E-state index is 13.1. The molecule has 4 atom stereocenters. The Balaban J connectivity index is 1.86. The molecule has 2 N–H and O–H groups in total. The van der Waals surface area contributed by atoms with Crippen molar-refractivity contribution in [2.75, 3.05) is 12.3 Å². The molecule has 0 saturated carbocycles. The van der Waals surface area contributed by atoms with Crippen LogP contribution in [0.15, 0.2) is 35.3 Å². The molecule has 13 heteroatoms. The number of ether oxygens (including phenoxy) is 2. The first-order chi connectivity index (χ1) is 19.6. The lowest BCUT2D eigenvalue weighted by atomic mass is 10.1. The summed E-state index contributed by atoms with van der Waals surface area (Å²) in [5, 5.41) is 11.5. The number of anilines is 1. The lowest BCUT2D eigenvalue weighted by molar-refractivity contribution is -0.386. The van der Waals surface area contributed by atoms with E-state index in [1.807, 2.05) is 0 Å². The summed E-state index contributed by atoms with van der Waals surface area (Å²) in [4.78, 5) is 28.2. The maximum absolute atomic E-state index is 13.1. The molecule has 2 unspecified atom stereocenters. The molecule has 43 heavy (non-hydrogen) atoms. The van der Waals surface area contributed by atoms with Gasteiger partial charge in [-0.15, -0.1) is 0 Å². The van der Waals surface area contributed by atoms with E-state index in [0.717, 1.165) is 0 Å². The average Bonchev–Trinajstić information content (AvgIpc) is 3.27. The van der Waals surface area contributed by atoms with Crippen LogP contribution in [0.25, 0.3) is 0 Å². The van der Waals surface area contributed by atoms with E-state index >= 15 is 0 Å². The smallest absolute Gasteiger partial charge is 0.351 e. The van der Waals surface area contributed by atoms with E-state index in [1.54, 1.807) is 31.3 Å². The number of nitrogens with zero attached hydrogens (tertiary/aromatic N) is 3. The zero-order valence-electron chi connectivity index (χ0n) is 27.6. The van der Waals surface area contributed by atoms with Crippen LogP contribution in [0.2, 0.25) is 36.3 Å². The van der Waals surface area contributed by atoms with Crippen molar-refractivity contribution in [1.82, 2.24) is 9.55 Å². The summed E-state index contributed by atoms with van der Waals surface area (Å²) in [6.07, 6.45) is 0.214. The first-order valence-electron chi connectivity index (χ1n) is 14.8. The Labute approximate surface area is 257 Å². The number of nitro groups is 1. The van der Waals surface area contributed by atoms with Crippen molar-refractivity contribution in [2.24, 2.45) is 0 Å². The number of benzene rings is 1. The molecule has 1 aliphatic rings. The van der Waals surface area contributed by atoms with E-state index in [9.17, 15) is 14.9 Å². The van der Waals surface area contributed by atoms with Crippen molar-refractivity contribution in [1.29, 1.82) is 0 Å². The van der Waals surface area contributed by atoms with E-state index in [4.69, 9.17) is 24.1 Å². The molecule has 240 valence electrons. The van der Waals surface area contributed by atoms with Gasteiger partial charge < -0.3 is 24.1 Å². The summed E-state index contributed by atoms with van der Waals surface area (Å²) < 4.78 is 27.3. The molecular weight excluding hydrogens is 585 g/mol. The van der Waals surface area contributed by atoms with Gasteiger partial charge in [-0.05, 0) is 49.3 Å². The van der Waals surface area contributed by atoms with Gasteiger partial charge in [0.2, 0.25) is 0 Å². The topological polar surface area (TPSA) is 141 Å². The van der Waals surface area contributed by atoms with Gasteiger partial charge in [0, 0.05) is 24.2 Å². The highest BCUT2D eigenvalue weighted by atomic mass is 28.4. The molecule has 11 nitrogen and oxygen atoms in total. The third-order valence-corrected chi connectivity index (χ3v) is 18.3. The largest absolute Gasteiger partial charge is 0.414 e. The van der Waals surface area contributed by atoms with Crippen LogP contribution in [0.1, 0.15) is 78.3 Å². The van der Waals surface area contributed by atoms with Crippen LogP contribution in [0.3, 0.4) is 0 Å². The maximum Gasteiger partial charge on any atom is 0.351 e. The number of nitrogen functional groups attached to an aromatic ring is 1. The number of nitrogens with two attached hydrogens (primary N) is 1. The van der Waals surface area contributed by atoms with Gasteiger partial charge in [0.25, 0.3) is 5.69 Å². The van der Waals surface area contributed by atoms with Gasteiger partial charge in [-0.25, -0.2) is 4.79 Å². The Hall–Kier alpha value is -2.43. The van der Waals surface area contributed by atoms with E-state index in [2.05, 4.69) is 72.7 Å². The lowest BCUT2D eigenvalue weighted by Gasteiger charge is -2.40. The van der Waals surface area contributed by atoms with Crippen LogP contribution in [-0.4, -0.2) is 49.9 Å². The van der Waals surface area contributed by atoms with E-state index in [-0.39, 0.29) is 40.4 Å². The van der Waals surface area contributed by atoms with Gasteiger partial charge in [-0.3, -0.25) is 14.7 Å². The predicted octanol–water partition coefficient (Wildman–Crippen LogP) is 6.71. The van der Waals surface area contributed by atoms with Crippen LogP contribution in [0, 0.1) is 10.1 Å². The normalized spacial score (nSPS) is 20.8. The van der Waals surface area contributed by atoms with Crippen molar-refractivity contribution in [3.05, 3.63) is 62.2 Å². The Morgan fingerprint density at radius 2 is 1.72 bits per heavy atom. The Morgan fingerprint density at radius 1 is 1.12 bits per heavy atom. The summed E-state index contributed by atoms with van der Waals surface area (Å²) in [5.41, 5.74) is 6.50. The first-order valence-corrected chi connectivity index (χ1v) is 20.7. The summed E-state index contributed by atoms with van der Waals surface area (Å²) in [5.74, 6) is 0.0425. The Kier molecular flexibility index (Phi) is 10.5. The molecule has 1 fully saturated rings. The summed E-state index contributed by atoms with van der Waals surface area (Å²) in [6.45, 7) is 24.1. The van der Waals surface area contributed by atoms with E-state index < -0.39 is 39.6 Å². The minimum Gasteiger partial charge on any atom is -0.414 e. The van der Waals surface area contributed by atoms with Gasteiger partial charge in [0.15, 0.2) is 16.6 Å². The van der Waals surface area contributed by atoms with Gasteiger partial charge in [0.1, 0.15) is 18.1 Å². The van der Waals surface area contributed by atoms with Crippen molar-refractivity contribution >= 4 is 28.1 Å². The SMILES string of the molecule is CC(OCc1cn([C@H]2CC(O[Si](C)(C)C(C)(C)C)[C@@H](CO[Si](C)(C)C(C)(C)C)O2)c(=O)nc1N)c1ccccc1[N+](=O)[O-]. The van der Waals surface area contributed by atoms with Crippen LogP contribution in [-0.2, 0) is 24.9 Å². The molecule has 2 heterocycles. The van der Waals surface area contributed by atoms with Crippen LogP contribution >= 0.6 is 0 Å². The fourth-order valence-corrected chi connectivity index (χ4v) is 6.72. The zero-order valence-corrected chi connectivity index (χ0v) is 29.6. The molecule has 1 aromatic carbocycles.